The lowest BCUT2D eigenvalue weighted by Gasteiger charge is -2.30. The van der Waals surface area contributed by atoms with Crippen LogP contribution in [0.4, 0.5) is 17.2 Å². The third-order valence-electron chi connectivity index (χ3n) is 5.23. The largest absolute Gasteiger partial charge is 0.489 e. The van der Waals surface area contributed by atoms with E-state index in [1.807, 2.05) is 37.3 Å². The van der Waals surface area contributed by atoms with Crippen LogP contribution in [0.15, 0.2) is 48.9 Å². The molecule has 172 valence electrons. The van der Waals surface area contributed by atoms with E-state index in [1.54, 1.807) is 12.4 Å². The number of carbonyl (C=O) groups excluding carboxylic acids is 1. The number of hydrogen-bond donors (Lipinski definition) is 3. The van der Waals surface area contributed by atoms with E-state index >= 15 is 0 Å². The molecule has 10 heteroatoms. The number of nitrogens with one attached hydrogen (secondary N) is 1. The third kappa shape index (κ3) is 5.36. The van der Waals surface area contributed by atoms with Gasteiger partial charge in [0.1, 0.15) is 11.9 Å². The van der Waals surface area contributed by atoms with Crippen molar-refractivity contribution in [3.63, 3.8) is 0 Å². The Morgan fingerprint density at radius 3 is 2.70 bits per heavy atom. The highest BCUT2D eigenvalue weighted by Crippen LogP contribution is 2.27. The maximum Gasteiger partial charge on any atom is 0.278 e. The predicted molar refractivity (Wildman–Crippen MR) is 126 cm³/mol. The summed E-state index contributed by atoms with van der Waals surface area (Å²) in [6, 6.07) is 9.20. The minimum atomic E-state index is -0.457. The van der Waals surface area contributed by atoms with Gasteiger partial charge in [0.2, 0.25) is 0 Å². The quantitative estimate of drug-likeness (QED) is 0.493. The number of carbonyl (C=O) groups is 1. The van der Waals surface area contributed by atoms with E-state index in [4.69, 9.17) is 20.9 Å². The number of nitrogen functional groups attached to an aromatic ring is 1. The molecule has 0 spiro atoms. The Hall–Kier alpha value is -3.76. The molecule has 33 heavy (non-hydrogen) atoms. The fourth-order valence-corrected chi connectivity index (χ4v) is 3.43. The number of morpholine rings is 1. The molecule has 1 amide bonds. The molecular formula is C23H27N7O3. The average molecular weight is 450 g/mol. The van der Waals surface area contributed by atoms with Gasteiger partial charge in [-0.3, -0.25) is 9.78 Å². The number of anilines is 3. The fraction of sp³-hybridized carbons (Fsp3) is 0.304. The average Bonchev–Trinajstić information content (AvgIpc) is 2.85. The molecule has 0 saturated carbocycles. The molecular weight excluding hydrogens is 422 g/mol. The van der Waals surface area contributed by atoms with Crippen molar-refractivity contribution in [1.82, 2.24) is 15.0 Å². The van der Waals surface area contributed by atoms with E-state index in [9.17, 15) is 4.79 Å². The second-order valence-corrected chi connectivity index (χ2v) is 7.62. The fourth-order valence-electron chi connectivity index (χ4n) is 3.43. The van der Waals surface area contributed by atoms with E-state index in [0.717, 1.165) is 24.3 Å². The maximum atomic E-state index is 13.1. The number of rotatable bonds is 7. The number of ether oxygens (including phenoxy) is 2. The van der Waals surface area contributed by atoms with Gasteiger partial charge < -0.3 is 31.2 Å². The summed E-state index contributed by atoms with van der Waals surface area (Å²) in [6.07, 6.45) is 4.75. The lowest BCUT2D eigenvalue weighted by Crippen LogP contribution is -2.36. The number of pyridine rings is 1. The van der Waals surface area contributed by atoms with Gasteiger partial charge in [0.15, 0.2) is 11.5 Å². The van der Waals surface area contributed by atoms with Crippen LogP contribution in [0.2, 0.25) is 0 Å². The lowest BCUT2D eigenvalue weighted by molar-refractivity contribution is 0.102. The first-order valence-electron chi connectivity index (χ1n) is 10.7. The molecule has 1 aliphatic heterocycles. The highest BCUT2D eigenvalue weighted by atomic mass is 16.5. The van der Waals surface area contributed by atoms with Crippen LogP contribution in [0.3, 0.4) is 0 Å². The Bertz CT molecular complexity index is 1100. The van der Waals surface area contributed by atoms with Crippen LogP contribution in [0.5, 0.6) is 5.75 Å². The minimum Gasteiger partial charge on any atom is -0.489 e. The van der Waals surface area contributed by atoms with Crippen molar-refractivity contribution in [2.45, 2.75) is 13.0 Å². The van der Waals surface area contributed by atoms with Gasteiger partial charge in [-0.2, -0.15) is 0 Å². The summed E-state index contributed by atoms with van der Waals surface area (Å²) in [5.41, 5.74) is 14.4. The zero-order valence-corrected chi connectivity index (χ0v) is 18.4. The predicted octanol–water partition coefficient (Wildman–Crippen LogP) is 1.94. The van der Waals surface area contributed by atoms with Crippen LogP contribution < -0.4 is 26.4 Å². The molecule has 10 nitrogen and oxygen atoms in total. The molecule has 1 aromatic carbocycles. The van der Waals surface area contributed by atoms with E-state index in [-0.39, 0.29) is 17.6 Å². The first-order valence-corrected chi connectivity index (χ1v) is 10.7. The van der Waals surface area contributed by atoms with Gasteiger partial charge in [-0.25, -0.2) is 9.97 Å². The van der Waals surface area contributed by atoms with Crippen LogP contribution >= 0.6 is 0 Å². The normalized spacial score (nSPS) is 14.5. The molecule has 0 radical (unpaired) electrons. The smallest absolute Gasteiger partial charge is 0.278 e. The molecule has 0 bridgehead atoms. The topological polar surface area (TPSA) is 142 Å². The summed E-state index contributed by atoms with van der Waals surface area (Å²) < 4.78 is 11.1. The van der Waals surface area contributed by atoms with Gasteiger partial charge >= 0.3 is 0 Å². The lowest BCUT2D eigenvalue weighted by atomic mass is 10.1. The molecule has 1 aliphatic rings. The molecule has 3 heterocycles. The van der Waals surface area contributed by atoms with E-state index < -0.39 is 5.91 Å². The summed E-state index contributed by atoms with van der Waals surface area (Å²) in [7, 11) is 0. The van der Waals surface area contributed by atoms with Crippen molar-refractivity contribution in [3.05, 3.63) is 54.6 Å². The van der Waals surface area contributed by atoms with Gasteiger partial charge in [-0.05, 0) is 37.3 Å². The van der Waals surface area contributed by atoms with Crippen LogP contribution in [0.25, 0.3) is 11.3 Å². The monoisotopic (exact) mass is 449 g/mol. The number of nitrogens with zero attached hydrogens (tertiary/aromatic N) is 4. The Kier molecular flexibility index (Phi) is 6.96. The highest BCUT2D eigenvalue weighted by Gasteiger charge is 2.20. The maximum absolute atomic E-state index is 13.1. The van der Waals surface area contributed by atoms with E-state index in [2.05, 4.69) is 25.2 Å². The molecule has 1 unspecified atom stereocenters. The SMILES string of the molecule is CC(CN)Oc1ccc(-c2cnc(N)c(C(=O)Nc3cnccc3N3CCOCC3)n2)cc1. The van der Waals surface area contributed by atoms with Gasteiger partial charge in [-0.15, -0.1) is 0 Å². The van der Waals surface area contributed by atoms with Crippen molar-refractivity contribution >= 4 is 23.1 Å². The van der Waals surface area contributed by atoms with Crippen LogP contribution in [-0.2, 0) is 4.74 Å². The zero-order valence-electron chi connectivity index (χ0n) is 18.4. The van der Waals surface area contributed by atoms with Gasteiger partial charge in [0, 0.05) is 31.4 Å². The summed E-state index contributed by atoms with van der Waals surface area (Å²) in [4.78, 5) is 28.0. The van der Waals surface area contributed by atoms with Crippen molar-refractivity contribution in [2.24, 2.45) is 5.73 Å². The second kappa shape index (κ2) is 10.2. The first kappa shape index (κ1) is 22.4. The molecule has 0 aliphatic carbocycles. The number of nitrogens with two attached hydrogens (primary N) is 2. The van der Waals surface area contributed by atoms with Gasteiger partial charge in [0.05, 0.1) is 42.7 Å². The Balaban J connectivity index is 1.54. The summed E-state index contributed by atoms with van der Waals surface area (Å²) >= 11 is 0. The van der Waals surface area contributed by atoms with Crippen molar-refractivity contribution in [3.8, 4) is 17.0 Å². The standard InChI is InChI=1S/C23H27N7O3/c1-15(12-24)33-17-4-2-16(3-5-17)18-14-27-22(25)21(28-18)23(31)29-19-13-26-7-6-20(19)30-8-10-32-11-9-30/h2-7,13-15H,8-12,24H2,1H3,(H2,25,27)(H,29,31). The molecule has 5 N–H and O–H groups in total. The van der Waals surface area contributed by atoms with Crippen LogP contribution in [-0.4, -0.2) is 59.8 Å². The summed E-state index contributed by atoms with van der Waals surface area (Å²) in [5, 5.41) is 2.88. The highest BCUT2D eigenvalue weighted by molar-refractivity contribution is 6.07. The van der Waals surface area contributed by atoms with Crippen LogP contribution in [0.1, 0.15) is 17.4 Å². The number of hydrogen-bond acceptors (Lipinski definition) is 9. The van der Waals surface area contributed by atoms with E-state index in [0.29, 0.717) is 36.9 Å². The Labute approximate surface area is 191 Å². The zero-order chi connectivity index (χ0) is 23.2. The molecule has 1 atom stereocenters. The van der Waals surface area contributed by atoms with Crippen molar-refractivity contribution < 1.29 is 14.3 Å². The second-order valence-electron chi connectivity index (χ2n) is 7.62. The Morgan fingerprint density at radius 1 is 1.21 bits per heavy atom. The molecule has 4 rings (SSSR count). The molecule has 2 aromatic heterocycles. The van der Waals surface area contributed by atoms with Crippen molar-refractivity contribution in [1.29, 1.82) is 0 Å². The first-order chi connectivity index (χ1) is 16.0. The summed E-state index contributed by atoms with van der Waals surface area (Å²) in [6.45, 7) is 5.04. The minimum absolute atomic E-state index is 0.0429. The molecule has 1 fully saturated rings. The van der Waals surface area contributed by atoms with Crippen molar-refractivity contribution in [2.75, 3.05) is 48.8 Å². The molecule has 1 saturated heterocycles. The van der Waals surface area contributed by atoms with E-state index in [1.165, 1.54) is 6.20 Å². The Morgan fingerprint density at radius 2 is 1.97 bits per heavy atom. The number of aromatic nitrogens is 3. The van der Waals surface area contributed by atoms with Gasteiger partial charge in [0.25, 0.3) is 5.91 Å². The summed E-state index contributed by atoms with van der Waals surface area (Å²) in [5.74, 6) is 0.288. The third-order valence-corrected chi connectivity index (χ3v) is 5.23. The number of amides is 1. The number of benzene rings is 1. The molecule has 3 aromatic rings. The van der Waals surface area contributed by atoms with Crippen LogP contribution in [0, 0.1) is 0 Å². The van der Waals surface area contributed by atoms with Gasteiger partial charge in [-0.1, -0.05) is 0 Å².